The van der Waals surface area contributed by atoms with Gasteiger partial charge in [0.05, 0.1) is 15.7 Å². The quantitative estimate of drug-likeness (QED) is 0.741. The van der Waals surface area contributed by atoms with Crippen LogP contribution in [0.15, 0.2) is 12.1 Å². The lowest BCUT2D eigenvalue weighted by Crippen LogP contribution is -2.40. The molecule has 0 aliphatic heterocycles. The summed E-state index contributed by atoms with van der Waals surface area (Å²) >= 11 is 11.6. The number of nitrogens with one attached hydrogen (secondary N) is 1. The van der Waals surface area contributed by atoms with Crippen LogP contribution < -0.4 is 11.1 Å². The molecule has 1 aromatic carbocycles. The molecule has 4 N–H and O–H groups in total. The van der Waals surface area contributed by atoms with E-state index in [0.717, 1.165) is 0 Å². The van der Waals surface area contributed by atoms with Gasteiger partial charge in [-0.1, -0.05) is 30.1 Å². The molecule has 5 nitrogen and oxygen atoms in total. The molecule has 18 heavy (non-hydrogen) atoms. The number of amides is 1. The Morgan fingerprint density at radius 1 is 1.39 bits per heavy atom. The van der Waals surface area contributed by atoms with E-state index in [4.69, 9.17) is 34.0 Å². The highest BCUT2D eigenvalue weighted by molar-refractivity contribution is 6.39. The van der Waals surface area contributed by atoms with Gasteiger partial charge in [-0.05, 0) is 18.6 Å². The molecule has 0 aliphatic carbocycles. The topological polar surface area (TPSA) is 92.4 Å². The first-order valence-corrected chi connectivity index (χ1v) is 5.90. The van der Waals surface area contributed by atoms with Crippen LogP contribution in [0.3, 0.4) is 0 Å². The van der Waals surface area contributed by atoms with E-state index in [9.17, 15) is 9.59 Å². The number of halogens is 2. The van der Waals surface area contributed by atoms with Crippen molar-refractivity contribution in [2.75, 3.05) is 5.73 Å². The Kier molecular flexibility index (Phi) is 4.81. The number of carboxylic acids is 1. The van der Waals surface area contributed by atoms with Gasteiger partial charge >= 0.3 is 5.97 Å². The van der Waals surface area contributed by atoms with Crippen molar-refractivity contribution in [3.8, 4) is 0 Å². The zero-order chi connectivity index (χ0) is 13.9. The van der Waals surface area contributed by atoms with Crippen LogP contribution in [0.4, 0.5) is 5.69 Å². The van der Waals surface area contributed by atoms with E-state index in [0.29, 0.717) is 0 Å². The van der Waals surface area contributed by atoms with Gasteiger partial charge in [-0.25, -0.2) is 4.79 Å². The summed E-state index contributed by atoms with van der Waals surface area (Å²) in [6.07, 6.45) is 0.275. The van der Waals surface area contributed by atoms with E-state index < -0.39 is 17.9 Å². The summed E-state index contributed by atoms with van der Waals surface area (Å²) in [4.78, 5) is 22.6. The second-order valence-electron chi connectivity index (χ2n) is 3.63. The molecule has 0 aromatic heterocycles. The van der Waals surface area contributed by atoms with Gasteiger partial charge in [0.25, 0.3) is 5.91 Å². The van der Waals surface area contributed by atoms with E-state index in [1.807, 2.05) is 0 Å². The number of nitrogen functional groups attached to an aromatic ring is 1. The van der Waals surface area contributed by atoms with Crippen LogP contribution in [0.25, 0.3) is 0 Å². The number of carbonyl (C=O) groups is 2. The van der Waals surface area contributed by atoms with Gasteiger partial charge < -0.3 is 16.2 Å². The predicted molar refractivity (Wildman–Crippen MR) is 70.1 cm³/mol. The molecule has 1 aromatic rings. The second kappa shape index (κ2) is 5.93. The third-order valence-corrected chi connectivity index (χ3v) is 2.98. The number of carboxylic acid groups (broad SMARTS) is 1. The van der Waals surface area contributed by atoms with E-state index in [1.165, 1.54) is 12.1 Å². The minimum Gasteiger partial charge on any atom is -0.480 e. The van der Waals surface area contributed by atoms with Crippen molar-refractivity contribution in [1.29, 1.82) is 0 Å². The highest BCUT2D eigenvalue weighted by atomic mass is 35.5. The van der Waals surface area contributed by atoms with Crippen LogP contribution >= 0.6 is 23.2 Å². The maximum Gasteiger partial charge on any atom is 0.326 e. The first-order valence-electron chi connectivity index (χ1n) is 5.15. The van der Waals surface area contributed by atoms with Crippen molar-refractivity contribution >= 4 is 40.8 Å². The average molecular weight is 291 g/mol. The highest BCUT2D eigenvalue weighted by Crippen LogP contribution is 2.28. The van der Waals surface area contributed by atoms with Crippen molar-refractivity contribution in [2.24, 2.45) is 0 Å². The maximum absolute atomic E-state index is 11.8. The largest absolute Gasteiger partial charge is 0.480 e. The Bertz CT molecular complexity index is 468. The number of hydrogen-bond donors (Lipinski definition) is 3. The van der Waals surface area contributed by atoms with E-state index in [2.05, 4.69) is 5.32 Å². The summed E-state index contributed by atoms with van der Waals surface area (Å²) in [7, 11) is 0. The number of aliphatic carboxylic acids is 1. The molecule has 1 rings (SSSR count). The van der Waals surface area contributed by atoms with Crippen molar-refractivity contribution in [3.63, 3.8) is 0 Å². The molecule has 98 valence electrons. The number of anilines is 1. The molecule has 0 aliphatic rings. The van der Waals surface area contributed by atoms with Crippen molar-refractivity contribution in [3.05, 3.63) is 27.7 Å². The van der Waals surface area contributed by atoms with Gasteiger partial charge in [0, 0.05) is 5.56 Å². The van der Waals surface area contributed by atoms with Crippen LogP contribution in [-0.2, 0) is 4.79 Å². The molecule has 0 heterocycles. The minimum absolute atomic E-state index is 0.149. The molecule has 0 bridgehead atoms. The van der Waals surface area contributed by atoms with Crippen molar-refractivity contribution in [1.82, 2.24) is 5.32 Å². The number of benzene rings is 1. The SMILES string of the molecule is CCC(NC(=O)c1cc(Cl)c(N)c(Cl)c1)C(=O)O. The summed E-state index contributed by atoms with van der Waals surface area (Å²) in [5.74, 6) is -1.66. The smallest absolute Gasteiger partial charge is 0.326 e. The van der Waals surface area contributed by atoms with Crippen LogP contribution in [-0.4, -0.2) is 23.0 Å². The van der Waals surface area contributed by atoms with Crippen LogP contribution in [0.1, 0.15) is 23.7 Å². The van der Waals surface area contributed by atoms with Crippen molar-refractivity contribution in [2.45, 2.75) is 19.4 Å². The lowest BCUT2D eigenvalue weighted by molar-refractivity contribution is -0.139. The molecular formula is C11H12Cl2N2O3. The predicted octanol–water partition coefficient (Wildman–Crippen LogP) is 2.17. The third kappa shape index (κ3) is 3.27. The third-order valence-electron chi connectivity index (χ3n) is 2.35. The number of carbonyl (C=O) groups excluding carboxylic acids is 1. The zero-order valence-electron chi connectivity index (χ0n) is 9.54. The fraction of sp³-hybridized carbons (Fsp3) is 0.273. The van der Waals surface area contributed by atoms with E-state index in [1.54, 1.807) is 6.92 Å². The molecule has 0 saturated heterocycles. The molecular weight excluding hydrogens is 279 g/mol. The van der Waals surface area contributed by atoms with Crippen LogP contribution in [0, 0.1) is 0 Å². The summed E-state index contributed by atoms with van der Waals surface area (Å²) in [6.45, 7) is 1.65. The van der Waals surface area contributed by atoms with Gasteiger partial charge in [0.15, 0.2) is 0 Å². The summed E-state index contributed by atoms with van der Waals surface area (Å²) in [5.41, 5.74) is 5.88. The molecule has 7 heteroatoms. The lowest BCUT2D eigenvalue weighted by atomic mass is 10.1. The molecule has 1 atom stereocenters. The fourth-order valence-corrected chi connectivity index (χ4v) is 1.78. The minimum atomic E-state index is -1.10. The highest BCUT2D eigenvalue weighted by Gasteiger charge is 2.19. The lowest BCUT2D eigenvalue weighted by Gasteiger charge is -2.13. The molecule has 0 fully saturated rings. The molecule has 0 spiro atoms. The van der Waals surface area contributed by atoms with Crippen LogP contribution in [0.5, 0.6) is 0 Å². The van der Waals surface area contributed by atoms with Gasteiger partial charge in [-0.2, -0.15) is 0 Å². The summed E-state index contributed by atoms with van der Waals surface area (Å²) in [6, 6.07) is 1.73. The molecule has 1 amide bonds. The summed E-state index contributed by atoms with van der Waals surface area (Å²) < 4.78 is 0. The van der Waals surface area contributed by atoms with Crippen molar-refractivity contribution < 1.29 is 14.7 Å². The number of rotatable bonds is 4. The fourth-order valence-electron chi connectivity index (χ4n) is 1.30. The molecule has 0 saturated carbocycles. The zero-order valence-corrected chi connectivity index (χ0v) is 11.0. The Labute approximate surface area is 114 Å². The van der Waals surface area contributed by atoms with Gasteiger partial charge in [0.1, 0.15) is 6.04 Å². The van der Waals surface area contributed by atoms with Gasteiger partial charge in [-0.15, -0.1) is 0 Å². The molecule has 0 radical (unpaired) electrons. The summed E-state index contributed by atoms with van der Waals surface area (Å²) in [5, 5.41) is 11.5. The van der Waals surface area contributed by atoms with E-state index >= 15 is 0 Å². The first kappa shape index (κ1) is 14.6. The number of nitrogens with two attached hydrogens (primary N) is 1. The number of hydrogen-bond acceptors (Lipinski definition) is 3. The normalized spacial score (nSPS) is 11.9. The monoisotopic (exact) mass is 290 g/mol. The van der Waals surface area contributed by atoms with Crippen LogP contribution in [0.2, 0.25) is 10.0 Å². The standard InChI is InChI=1S/C11H12Cl2N2O3/c1-2-8(11(17)18)15-10(16)5-3-6(12)9(14)7(13)4-5/h3-4,8H,2,14H2,1H3,(H,15,16)(H,17,18). The second-order valence-corrected chi connectivity index (χ2v) is 4.44. The van der Waals surface area contributed by atoms with E-state index in [-0.39, 0.29) is 27.7 Å². The first-order chi connectivity index (χ1) is 8.36. The Hall–Kier alpha value is -1.46. The maximum atomic E-state index is 11.8. The van der Waals surface area contributed by atoms with Gasteiger partial charge in [0.2, 0.25) is 0 Å². The molecule has 1 unspecified atom stereocenters. The Morgan fingerprint density at radius 2 is 1.89 bits per heavy atom. The Balaban J connectivity index is 2.94. The van der Waals surface area contributed by atoms with Gasteiger partial charge in [-0.3, -0.25) is 4.79 Å². The Morgan fingerprint density at radius 3 is 2.28 bits per heavy atom. The average Bonchev–Trinajstić information content (AvgIpc) is 2.31.